The highest BCUT2D eigenvalue weighted by Gasteiger charge is 2.13. The Kier molecular flexibility index (Phi) is 4.56. The number of para-hydroxylation sites is 2. The number of rotatable bonds is 1. The molecule has 5 heteroatoms. The van der Waals surface area contributed by atoms with E-state index in [4.69, 9.17) is 14.9 Å². The Bertz CT molecular complexity index is 825. The highest BCUT2D eigenvalue weighted by Crippen LogP contribution is 2.19. The predicted octanol–water partition coefficient (Wildman–Crippen LogP) is 1.03. The number of carbonyl (C=O) groups excluding carboxylic acids is 1. The fraction of sp³-hybridized carbons (Fsp3) is 0.235. The molecule has 0 saturated carbocycles. The quantitative estimate of drug-likeness (QED) is 0.497. The molecule has 0 fully saturated rings. The molecule has 5 nitrogen and oxygen atoms in total. The Hall–Kier alpha value is -2.69. The largest absolute Gasteiger partial charge is 0.550 e. The van der Waals surface area contributed by atoms with Gasteiger partial charge in [0.05, 0.1) is 0 Å². The summed E-state index contributed by atoms with van der Waals surface area (Å²) in [6, 6.07) is 14.6. The normalized spacial score (nSPS) is 10.2. The first-order valence-corrected chi connectivity index (χ1v) is 6.93. The minimum atomic E-state index is -1.08. The number of aliphatic carboxylic acids is 1. The average molecular weight is 297 g/mol. The van der Waals surface area contributed by atoms with Gasteiger partial charge in [0.1, 0.15) is 18.1 Å². The highest BCUT2D eigenvalue weighted by molar-refractivity contribution is 5.83. The molecule has 1 aromatic heterocycles. The van der Waals surface area contributed by atoms with E-state index in [0.717, 1.165) is 29.0 Å². The lowest BCUT2D eigenvalue weighted by atomic mass is 10.2. The van der Waals surface area contributed by atoms with E-state index in [1.165, 1.54) is 5.69 Å². The van der Waals surface area contributed by atoms with Crippen molar-refractivity contribution < 1.29 is 14.5 Å². The summed E-state index contributed by atoms with van der Waals surface area (Å²) in [5, 5.41) is 8.89. The summed E-state index contributed by atoms with van der Waals surface area (Å²) >= 11 is 0. The molecule has 0 spiro atoms. The summed E-state index contributed by atoms with van der Waals surface area (Å²) < 4.78 is 2.20. The van der Waals surface area contributed by atoms with Crippen molar-refractivity contribution in [3.05, 3.63) is 42.5 Å². The van der Waals surface area contributed by atoms with Crippen molar-refractivity contribution in [3.63, 3.8) is 0 Å². The molecule has 22 heavy (non-hydrogen) atoms. The fourth-order valence-corrected chi connectivity index (χ4v) is 2.26. The van der Waals surface area contributed by atoms with Crippen molar-refractivity contribution in [3.8, 4) is 0 Å². The molecular weight excluding hydrogens is 278 g/mol. The molecule has 114 valence electrons. The lowest BCUT2D eigenvalue weighted by molar-refractivity contribution is -0.617. The fourth-order valence-electron chi connectivity index (χ4n) is 2.26. The summed E-state index contributed by atoms with van der Waals surface area (Å²) in [6.07, 6.45) is 0. The topological polar surface area (TPSA) is 60.1 Å². The summed E-state index contributed by atoms with van der Waals surface area (Å²) in [5.74, 6) is -1.08. The second-order valence-electron chi connectivity index (χ2n) is 5.22. The summed E-state index contributed by atoms with van der Waals surface area (Å²) in [4.78, 5) is 15.7. The van der Waals surface area contributed by atoms with Crippen LogP contribution in [0.5, 0.6) is 0 Å². The van der Waals surface area contributed by atoms with Gasteiger partial charge in [-0.15, -0.1) is 0 Å². The van der Waals surface area contributed by atoms with Crippen LogP contribution in [-0.2, 0) is 11.8 Å². The zero-order chi connectivity index (χ0) is 16.3. The predicted molar refractivity (Wildman–Crippen MR) is 85.4 cm³/mol. The first kappa shape index (κ1) is 15.7. The Morgan fingerprint density at radius 2 is 1.68 bits per heavy atom. The van der Waals surface area contributed by atoms with E-state index in [2.05, 4.69) is 60.9 Å². The number of aryl methyl sites for hydroxylation is 1. The van der Waals surface area contributed by atoms with Crippen LogP contribution in [0.3, 0.4) is 0 Å². The van der Waals surface area contributed by atoms with Gasteiger partial charge < -0.3 is 14.8 Å². The lowest BCUT2D eigenvalue weighted by Crippen LogP contribution is -2.30. The molecule has 0 atom stereocenters. The maximum atomic E-state index is 8.89. The second-order valence-corrected chi connectivity index (χ2v) is 5.22. The van der Waals surface area contributed by atoms with E-state index in [9.17, 15) is 0 Å². The molecule has 0 aliphatic heterocycles. The Labute approximate surface area is 129 Å². The monoisotopic (exact) mass is 297 g/mol. The van der Waals surface area contributed by atoms with E-state index in [0.29, 0.717) is 0 Å². The number of aromatic nitrogens is 2. The summed E-state index contributed by atoms with van der Waals surface area (Å²) in [7, 11) is 6.19. The smallest absolute Gasteiger partial charge is 0.233 e. The number of hydrogen-bond acceptors (Lipinski definition) is 4. The van der Waals surface area contributed by atoms with Crippen LogP contribution in [0.4, 0.5) is 5.69 Å². The number of benzene rings is 2. The molecule has 0 N–H and O–H groups in total. The molecule has 0 saturated heterocycles. The molecule has 3 aromatic rings. The van der Waals surface area contributed by atoms with Crippen molar-refractivity contribution in [2.45, 2.75) is 6.92 Å². The van der Waals surface area contributed by atoms with E-state index < -0.39 is 5.97 Å². The SMILES string of the molecule is CC(=O)[O-].CN(C)c1ccc2nc3ccccc3[n+](C)c2c1. The lowest BCUT2D eigenvalue weighted by Gasteiger charge is -2.12. The molecular formula is C17H19N3O2. The number of carboxylic acid groups (broad SMARTS) is 1. The van der Waals surface area contributed by atoms with Crippen molar-refractivity contribution in [1.29, 1.82) is 0 Å². The third-order valence-corrected chi connectivity index (χ3v) is 3.32. The van der Waals surface area contributed by atoms with Gasteiger partial charge >= 0.3 is 0 Å². The van der Waals surface area contributed by atoms with E-state index >= 15 is 0 Å². The average Bonchev–Trinajstić information content (AvgIpc) is 2.46. The number of anilines is 1. The molecule has 0 aliphatic rings. The second kappa shape index (κ2) is 6.39. The van der Waals surface area contributed by atoms with Crippen LogP contribution < -0.4 is 14.6 Å². The molecule has 0 bridgehead atoms. The Morgan fingerprint density at radius 1 is 1.09 bits per heavy atom. The van der Waals surface area contributed by atoms with Crippen LogP contribution in [-0.4, -0.2) is 25.0 Å². The maximum Gasteiger partial charge on any atom is 0.233 e. The van der Waals surface area contributed by atoms with Gasteiger partial charge in [0, 0.05) is 37.9 Å². The molecule has 0 radical (unpaired) electrons. The number of hydrogen-bond donors (Lipinski definition) is 0. The van der Waals surface area contributed by atoms with Gasteiger partial charge in [-0.1, -0.05) is 12.1 Å². The minimum absolute atomic E-state index is 0.972. The van der Waals surface area contributed by atoms with E-state index in [-0.39, 0.29) is 0 Å². The highest BCUT2D eigenvalue weighted by atomic mass is 16.4. The Balaban J connectivity index is 0.000000396. The molecule has 0 aliphatic carbocycles. The number of fused-ring (bicyclic) bond motifs is 2. The van der Waals surface area contributed by atoms with Gasteiger partial charge in [-0.05, 0) is 25.1 Å². The van der Waals surface area contributed by atoms with Crippen LogP contribution in [0, 0.1) is 0 Å². The number of carboxylic acids is 1. The Morgan fingerprint density at radius 3 is 2.32 bits per heavy atom. The molecule has 3 rings (SSSR count). The van der Waals surface area contributed by atoms with Gasteiger partial charge in [0.2, 0.25) is 11.0 Å². The van der Waals surface area contributed by atoms with Crippen LogP contribution in [0.1, 0.15) is 6.92 Å². The van der Waals surface area contributed by atoms with E-state index in [1.54, 1.807) is 0 Å². The van der Waals surface area contributed by atoms with Crippen molar-refractivity contribution in [2.24, 2.45) is 7.05 Å². The summed E-state index contributed by atoms with van der Waals surface area (Å²) in [6.45, 7) is 0.972. The van der Waals surface area contributed by atoms with Crippen molar-refractivity contribution in [2.75, 3.05) is 19.0 Å². The van der Waals surface area contributed by atoms with Crippen LogP contribution >= 0.6 is 0 Å². The molecule has 0 unspecified atom stereocenters. The summed E-state index contributed by atoms with van der Waals surface area (Å²) in [5.41, 5.74) is 5.56. The van der Waals surface area contributed by atoms with Crippen LogP contribution in [0.2, 0.25) is 0 Å². The molecule has 0 amide bonds. The standard InChI is InChI=1S/C15H16N3.C2H4O2/c1-17(2)11-8-9-13-15(10-11)18(3)14-7-5-4-6-12(14)16-13;1-2(3)4/h4-10H,1-3H3;1H3,(H,3,4)/q+1;/p-1. The first-order chi connectivity index (χ1) is 10.4. The van der Waals surface area contributed by atoms with Gasteiger partial charge in [0.15, 0.2) is 0 Å². The van der Waals surface area contributed by atoms with Gasteiger partial charge in [-0.3, -0.25) is 0 Å². The van der Waals surface area contributed by atoms with Crippen molar-refractivity contribution in [1.82, 2.24) is 4.98 Å². The maximum absolute atomic E-state index is 8.89. The van der Waals surface area contributed by atoms with Gasteiger partial charge in [-0.2, -0.15) is 4.57 Å². The van der Waals surface area contributed by atoms with Gasteiger partial charge in [0.25, 0.3) is 0 Å². The van der Waals surface area contributed by atoms with Crippen molar-refractivity contribution >= 4 is 33.7 Å². The zero-order valence-corrected chi connectivity index (χ0v) is 13.2. The van der Waals surface area contributed by atoms with Crippen LogP contribution in [0.15, 0.2) is 42.5 Å². The zero-order valence-electron chi connectivity index (χ0n) is 13.2. The van der Waals surface area contributed by atoms with Crippen LogP contribution in [0.25, 0.3) is 22.1 Å². The molecule has 1 heterocycles. The minimum Gasteiger partial charge on any atom is -0.550 e. The number of carbonyl (C=O) groups is 1. The third-order valence-electron chi connectivity index (χ3n) is 3.32. The molecule has 2 aromatic carbocycles. The third kappa shape index (κ3) is 3.31. The first-order valence-electron chi connectivity index (χ1n) is 6.93. The van der Waals surface area contributed by atoms with Gasteiger partial charge in [-0.25, -0.2) is 4.98 Å². The van der Waals surface area contributed by atoms with E-state index in [1.807, 2.05) is 12.1 Å². The number of nitrogens with zero attached hydrogens (tertiary/aromatic N) is 3.